The molecule has 2 aromatic heterocycles. The Morgan fingerprint density at radius 3 is 1.38 bits per heavy atom. The van der Waals surface area contributed by atoms with Crippen LogP contribution in [-0.2, 0) is 0 Å². The Morgan fingerprint density at radius 2 is 0.736 bits per heavy atom. The van der Waals surface area contributed by atoms with Crippen LogP contribution in [0.5, 0.6) is 0 Å². The first-order valence-electron chi connectivity index (χ1n) is 17.9. The van der Waals surface area contributed by atoms with Gasteiger partial charge >= 0.3 is 0 Å². The molecule has 0 bridgehead atoms. The molecule has 3 heteroatoms. The average Bonchev–Trinajstić information content (AvgIpc) is 3.63. The van der Waals surface area contributed by atoms with E-state index in [0.29, 0.717) is 5.82 Å². The number of fused-ring (bicyclic) bond motifs is 5. The van der Waals surface area contributed by atoms with Gasteiger partial charge in [-0.25, -0.2) is 9.97 Å². The van der Waals surface area contributed by atoms with Crippen LogP contribution in [0.4, 0.5) is 0 Å². The maximum Gasteiger partial charge on any atom is 0.160 e. The van der Waals surface area contributed by atoms with Crippen LogP contribution >= 0.6 is 0 Å². The third-order valence-electron chi connectivity index (χ3n) is 10.1. The molecule has 0 fully saturated rings. The lowest BCUT2D eigenvalue weighted by Gasteiger charge is -2.10. The van der Waals surface area contributed by atoms with Gasteiger partial charge in [0.05, 0.1) is 11.4 Å². The lowest BCUT2D eigenvalue weighted by atomic mass is 9.94. The SMILES string of the molecule is c1ccc(-c2cc(-c3ccc(-c4ccc(-c5cccc6c5oc5c7ccccc7c(-c7ccccc7)cc65)cc4)cc3)nc(-c3ccccc3)n2)cc1. The van der Waals surface area contributed by atoms with Crippen LogP contribution in [-0.4, -0.2) is 9.97 Å². The van der Waals surface area contributed by atoms with Gasteiger partial charge in [0.25, 0.3) is 0 Å². The van der Waals surface area contributed by atoms with Gasteiger partial charge in [-0.15, -0.1) is 0 Å². The van der Waals surface area contributed by atoms with E-state index in [1.807, 2.05) is 36.4 Å². The molecule has 0 aliphatic rings. The lowest BCUT2D eigenvalue weighted by molar-refractivity contribution is 0.674. The van der Waals surface area contributed by atoms with E-state index in [0.717, 1.165) is 77.7 Å². The number of para-hydroxylation sites is 1. The molecular weight excluding hydrogens is 645 g/mol. The number of hydrogen-bond donors (Lipinski definition) is 0. The number of rotatable bonds is 6. The Balaban J connectivity index is 0.999. The molecule has 0 aliphatic heterocycles. The van der Waals surface area contributed by atoms with Gasteiger partial charge in [0.1, 0.15) is 11.2 Å². The highest BCUT2D eigenvalue weighted by Gasteiger charge is 2.17. The summed E-state index contributed by atoms with van der Waals surface area (Å²) in [6, 6.07) is 67.9. The first-order chi connectivity index (χ1) is 26.3. The fourth-order valence-electron chi connectivity index (χ4n) is 7.45. The van der Waals surface area contributed by atoms with Crippen molar-refractivity contribution in [1.82, 2.24) is 9.97 Å². The Kier molecular flexibility index (Phi) is 7.47. The minimum Gasteiger partial charge on any atom is -0.455 e. The van der Waals surface area contributed by atoms with E-state index in [4.69, 9.17) is 14.4 Å². The zero-order chi connectivity index (χ0) is 35.1. The van der Waals surface area contributed by atoms with Crippen LogP contribution < -0.4 is 0 Å². The molecule has 53 heavy (non-hydrogen) atoms. The van der Waals surface area contributed by atoms with Crippen LogP contribution in [0.1, 0.15) is 0 Å². The Hall–Kier alpha value is -7.10. The molecule has 0 spiro atoms. The van der Waals surface area contributed by atoms with Gasteiger partial charge in [-0.2, -0.15) is 0 Å². The van der Waals surface area contributed by atoms with Gasteiger partial charge in [0.15, 0.2) is 5.82 Å². The maximum absolute atomic E-state index is 6.78. The minimum absolute atomic E-state index is 0.714. The Bertz CT molecular complexity index is 2840. The summed E-state index contributed by atoms with van der Waals surface area (Å²) >= 11 is 0. The summed E-state index contributed by atoms with van der Waals surface area (Å²) < 4.78 is 6.78. The van der Waals surface area contributed by atoms with E-state index in [2.05, 4.69) is 158 Å². The minimum atomic E-state index is 0.714. The molecule has 2 heterocycles. The van der Waals surface area contributed by atoms with Gasteiger partial charge in [-0.05, 0) is 45.3 Å². The van der Waals surface area contributed by atoms with Crippen LogP contribution in [0, 0.1) is 0 Å². The molecule has 248 valence electrons. The van der Waals surface area contributed by atoms with Crippen molar-refractivity contribution in [3.05, 3.63) is 194 Å². The normalized spacial score (nSPS) is 11.4. The highest BCUT2D eigenvalue weighted by atomic mass is 16.3. The monoisotopic (exact) mass is 676 g/mol. The van der Waals surface area contributed by atoms with E-state index < -0.39 is 0 Å². The van der Waals surface area contributed by atoms with Crippen LogP contribution in [0.25, 0.3) is 100.0 Å². The third kappa shape index (κ3) is 5.56. The maximum atomic E-state index is 6.78. The summed E-state index contributed by atoms with van der Waals surface area (Å²) in [7, 11) is 0. The number of aromatic nitrogens is 2. The molecule has 10 rings (SSSR count). The highest BCUT2D eigenvalue weighted by Crippen LogP contribution is 2.42. The highest BCUT2D eigenvalue weighted by molar-refractivity contribution is 6.20. The Labute approximate surface area is 307 Å². The topological polar surface area (TPSA) is 38.9 Å². The number of benzene rings is 8. The molecule has 0 N–H and O–H groups in total. The summed E-state index contributed by atoms with van der Waals surface area (Å²) in [5.74, 6) is 0.714. The average molecular weight is 677 g/mol. The fourth-order valence-corrected chi connectivity index (χ4v) is 7.45. The second-order valence-corrected chi connectivity index (χ2v) is 13.3. The molecule has 0 unspecified atom stereocenters. The van der Waals surface area contributed by atoms with E-state index in [-0.39, 0.29) is 0 Å². The second-order valence-electron chi connectivity index (χ2n) is 13.3. The molecule has 8 aromatic carbocycles. The molecule has 0 aliphatic carbocycles. The molecule has 10 aromatic rings. The molecule has 0 atom stereocenters. The van der Waals surface area contributed by atoms with Crippen molar-refractivity contribution >= 4 is 32.7 Å². The lowest BCUT2D eigenvalue weighted by Crippen LogP contribution is -1.95. The van der Waals surface area contributed by atoms with Gasteiger partial charge < -0.3 is 4.42 Å². The number of nitrogens with zero attached hydrogens (tertiary/aromatic N) is 2. The molecule has 0 saturated heterocycles. The van der Waals surface area contributed by atoms with Crippen molar-refractivity contribution < 1.29 is 4.42 Å². The Morgan fingerprint density at radius 1 is 0.283 bits per heavy atom. The summed E-state index contributed by atoms with van der Waals surface area (Å²) in [6.45, 7) is 0. The summed E-state index contributed by atoms with van der Waals surface area (Å²) in [4.78, 5) is 9.95. The van der Waals surface area contributed by atoms with Crippen molar-refractivity contribution in [3.8, 4) is 67.3 Å². The van der Waals surface area contributed by atoms with Gasteiger partial charge in [0.2, 0.25) is 0 Å². The molecular formula is C50H32N2O. The van der Waals surface area contributed by atoms with Gasteiger partial charge in [-0.3, -0.25) is 0 Å². The smallest absolute Gasteiger partial charge is 0.160 e. The summed E-state index contributed by atoms with van der Waals surface area (Å²) in [5, 5.41) is 4.57. The van der Waals surface area contributed by atoms with Crippen LogP contribution in [0.3, 0.4) is 0 Å². The fraction of sp³-hybridized carbons (Fsp3) is 0. The molecule has 0 saturated carbocycles. The van der Waals surface area contributed by atoms with Gasteiger partial charge in [0, 0.05) is 38.4 Å². The molecule has 3 nitrogen and oxygen atoms in total. The largest absolute Gasteiger partial charge is 0.455 e. The van der Waals surface area contributed by atoms with E-state index in [1.165, 1.54) is 16.5 Å². The predicted molar refractivity (Wildman–Crippen MR) is 219 cm³/mol. The summed E-state index contributed by atoms with van der Waals surface area (Å²) in [5.41, 5.74) is 13.6. The number of hydrogen-bond acceptors (Lipinski definition) is 3. The van der Waals surface area contributed by atoms with Crippen LogP contribution in [0.15, 0.2) is 199 Å². The zero-order valence-corrected chi connectivity index (χ0v) is 28.8. The van der Waals surface area contributed by atoms with Crippen LogP contribution in [0.2, 0.25) is 0 Å². The molecule has 0 radical (unpaired) electrons. The first-order valence-corrected chi connectivity index (χ1v) is 17.9. The van der Waals surface area contributed by atoms with Gasteiger partial charge in [-0.1, -0.05) is 182 Å². The third-order valence-corrected chi connectivity index (χ3v) is 10.1. The van der Waals surface area contributed by atoms with E-state index in [9.17, 15) is 0 Å². The van der Waals surface area contributed by atoms with Crippen molar-refractivity contribution in [2.75, 3.05) is 0 Å². The quantitative estimate of drug-likeness (QED) is 0.176. The second kappa shape index (κ2) is 12.9. The van der Waals surface area contributed by atoms with E-state index >= 15 is 0 Å². The first kappa shape index (κ1) is 30.7. The van der Waals surface area contributed by atoms with Crippen molar-refractivity contribution in [2.45, 2.75) is 0 Å². The van der Waals surface area contributed by atoms with Crippen molar-refractivity contribution in [2.24, 2.45) is 0 Å². The molecule has 0 amide bonds. The van der Waals surface area contributed by atoms with E-state index in [1.54, 1.807) is 0 Å². The van der Waals surface area contributed by atoms with Crippen molar-refractivity contribution in [3.63, 3.8) is 0 Å². The predicted octanol–water partition coefficient (Wildman–Crippen LogP) is 13.5. The number of furan rings is 1. The zero-order valence-electron chi connectivity index (χ0n) is 28.8. The van der Waals surface area contributed by atoms with Crippen molar-refractivity contribution in [1.29, 1.82) is 0 Å². The summed E-state index contributed by atoms with van der Waals surface area (Å²) in [6.07, 6.45) is 0. The standard InChI is InChI=1S/C50H32N2O/c1-4-13-35(14-5-1)44-31-45-43-22-12-21-40(48(43)53-49(45)42-20-11-10-19-41(42)44)36-27-23-33(24-28-36)34-25-29-38(30-26-34)47-32-46(37-15-6-2-7-16-37)51-50(52-47)39-17-8-3-9-18-39/h1-32H.